The molecule has 1 saturated heterocycles. The Kier molecular flexibility index (Phi) is 8.54. The fraction of sp³-hybridized carbons (Fsp3) is 0.680. The first kappa shape index (κ1) is 25.7. The number of rotatable bonds is 13. The molecule has 1 aromatic carbocycles. The second-order valence-corrected chi connectivity index (χ2v) is 12.4. The topological polar surface area (TPSA) is 89.5 Å². The van der Waals surface area contributed by atoms with Gasteiger partial charge >= 0.3 is 0 Å². The van der Waals surface area contributed by atoms with E-state index < -0.39 is 21.1 Å². The maximum atomic E-state index is 14.1. The van der Waals surface area contributed by atoms with Gasteiger partial charge in [-0.25, -0.2) is 12.8 Å². The molecule has 3 rings (SSSR count). The summed E-state index contributed by atoms with van der Waals surface area (Å²) in [6, 6.07) is 4.64. The molecule has 0 aromatic heterocycles. The highest BCUT2D eigenvalue weighted by molar-refractivity contribution is 7.91. The molecule has 1 saturated carbocycles. The number of imide groups is 1. The van der Waals surface area contributed by atoms with E-state index in [1.165, 1.54) is 6.07 Å². The highest BCUT2D eigenvalue weighted by Crippen LogP contribution is 2.33. The van der Waals surface area contributed by atoms with Crippen LogP contribution in [0.4, 0.5) is 4.39 Å². The van der Waals surface area contributed by atoms with E-state index in [9.17, 15) is 22.4 Å². The number of unbranched alkanes of at least 4 members (excludes halogenated alkanes) is 3. The Morgan fingerprint density at radius 2 is 1.82 bits per heavy atom. The molecule has 1 aliphatic carbocycles. The van der Waals surface area contributed by atoms with Gasteiger partial charge in [-0.15, -0.1) is 0 Å². The van der Waals surface area contributed by atoms with Crippen LogP contribution in [0.1, 0.15) is 77.2 Å². The zero-order chi connectivity index (χ0) is 24.1. The largest absolute Gasteiger partial charge is 0.490 e. The molecule has 33 heavy (non-hydrogen) atoms. The fourth-order valence-electron chi connectivity index (χ4n) is 4.31. The third-order valence-electron chi connectivity index (χ3n) is 6.58. The summed E-state index contributed by atoms with van der Waals surface area (Å²) in [7, 11) is -3.28. The standard InChI is InChI=1S/C25H36FNO5S/c1-25(2,20-11-12-21(26)22(15-20)32-16-18-8-9-18)17-33(30,31)14-6-4-3-5-7-19-10-13-23(28)27-24(19)29/h11-12,15,18-19H,3-10,13-14,16-17H2,1-2H3,(H,27,28,29). The number of carbonyl (C=O) groups is 2. The Hall–Kier alpha value is -1.96. The molecule has 6 nitrogen and oxygen atoms in total. The number of benzene rings is 1. The number of amides is 2. The van der Waals surface area contributed by atoms with E-state index in [2.05, 4.69) is 5.32 Å². The van der Waals surface area contributed by atoms with Crippen LogP contribution in [-0.2, 0) is 24.8 Å². The predicted octanol–water partition coefficient (Wildman–Crippen LogP) is 4.31. The first-order valence-electron chi connectivity index (χ1n) is 12.0. The number of sulfone groups is 1. The van der Waals surface area contributed by atoms with Gasteiger partial charge in [0, 0.05) is 17.8 Å². The molecule has 1 heterocycles. The summed E-state index contributed by atoms with van der Waals surface area (Å²) in [5.74, 6) is -0.113. The maximum absolute atomic E-state index is 14.1. The van der Waals surface area contributed by atoms with Gasteiger partial charge in [0.25, 0.3) is 0 Å². The lowest BCUT2D eigenvalue weighted by atomic mass is 9.86. The van der Waals surface area contributed by atoms with E-state index in [4.69, 9.17) is 4.74 Å². The normalized spacial score (nSPS) is 19.4. The molecular weight excluding hydrogens is 445 g/mol. The average molecular weight is 482 g/mol. The van der Waals surface area contributed by atoms with Crippen molar-refractivity contribution in [1.82, 2.24) is 5.32 Å². The molecule has 1 unspecified atom stereocenters. The highest BCUT2D eigenvalue weighted by Gasteiger charge is 2.30. The quantitative estimate of drug-likeness (QED) is 0.335. The molecule has 2 aliphatic rings. The van der Waals surface area contributed by atoms with E-state index in [0.29, 0.717) is 31.8 Å². The van der Waals surface area contributed by atoms with Crippen molar-refractivity contribution >= 4 is 21.7 Å². The van der Waals surface area contributed by atoms with Crippen LogP contribution >= 0.6 is 0 Å². The summed E-state index contributed by atoms with van der Waals surface area (Å²) in [6.07, 6.45) is 7.01. The van der Waals surface area contributed by atoms with Crippen LogP contribution in [-0.4, -0.2) is 38.3 Å². The van der Waals surface area contributed by atoms with Crippen LogP contribution in [0, 0.1) is 17.7 Å². The molecule has 0 bridgehead atoms. The van der Waals surface area contributed by atoms with Crippen molar-refractivity contribution < 1.29 is 27.1 Å². The predicted molar refractivity (Wildman–Crippen MR) is 125 cm³/mol. The second kappa shape index (κ2) is 11.0. The minimum atomic E-state index is -3.28. The Labute approximate surface area is 196 Å². The molecule has 1 atom stereocenters. The van der Waals surface area contributed by atoms with Gasteiger partial charge in [-0.1, -0.05) is 39.2 Å². The molecule has 8 heteroatoms. The van der Waals surface area contributed by atoms with Crippen LogP contribution in [0.2, 0.25) is 0 Å². The second-order valence-electron chi connectivity index (χ2n) is 10.2. The van der Waals surface area contributed by atoms with Gasteiger partial charge in [0.15, 0.2) is 21.4 Å². The van der Waals surface area contributed by atoms with E-state index >= 15 is 0 Å². The van der Waals surface area contributed by atoms with Gasteiger partial charge in [-0.3, -0.25) is 14.9 Å². The van der Waals surface area contributed by atoms with Gasteiger partial charge in [-0.05, 0) is 55.7 Å². The van der Waals surface area contributed by atoms with Gasteiger partial charge in [-0.2, -0.15) is 0 Å². The molecule has 2 fully saturated rings. The van der Waals surface area contributed by atoms with Crippen molar-refractivity contribution in [3.05, 3.63) is 29.6 Å². The summed E-state index contributed by atoms with van der Waals surface area (Å²) in [4.78, 5) is 23.0. The third-order valence-corrected chi connectivity index (χ3v) is 8.65. The average Bonchev–Trinajstić information content (AvgIpc) is 3.55. The summed E-state index contributed by atoms with van der Waals surface area (Å²) in [5.41, 5.74) is 0.0956. The Bertz CT molecular complexity index is 956. The van der Waals surface area contributed by atoms with Gasteiger partial charge < -0.3 is 4.74 Å². The molecule has 0 radical (unpaired) electrons. The lowest BCUT2D eigenvalue weighted by Crippen LogP contribution is -2.40. The van der Waals surface area contributed by atoms with Crippen molar-refractivity contribution in [3.8, 4) is 5.75 Å². The Morgan fingerprint density at radius 1 is 1.09 bits per heavy atom. The van der Waals surface area contributed by atoms with E-state index in [1.54, 1.807) is 12.1 Å². The Balaban J connectivity index is 1.42. The van der Waals surface area contributed by atoms with Crippen LogP contribution in [0.15, 0.2) is 18.2 Å². The Morgan fingerprint density at radius 3 is 2.52 bits per heavy atom. The van der Waals surface area contributed by atoms with E-state index in [1.807, 2.05) is 13.8 Å². The summed E-state index contributed by atoms with van der Waals surface area (Å²) in [6.45, 7) is 4.23. The molecule has 1 aromatic rings. The monoisotopic (exact) mass is 481 g/mol. The number of nitrogens with one attached hydrogen (secondary N) is 1. The molecule has 184 valence electrons. The van der Waals surface area contributed by atoms with Crippen molar-refractivity contribution in [3.63, 3.8) is 0 Å². The lowest BCUT2D eigenvalue weighted by Gasteiger charge is -2.26. The van der Waals surface area contributed by atoms with Gasteiger partial charge in [0.1, 0.15) is 0 Å². The van der Waals surface area contributed by atoms with Gasteiger partial charge in [0.2, 0.25) is 11.8 Å². The number of hydrogen-bond donors (Lipinski definition) is 1. The third kappa shape index (κ3) is 8.09. The molecule has 0 spiro atoms. The minimum absolute atomic E-state index is 0.00995. The van der Waals surface area contributed by atoms with E-state index in [0.717, 1.165) is 44.1 Å². The molecular formula is C25H36FNO5S. The number of piperidine rings is 1. The van der Waals surface area contributed by atoms with Crippen molar-refractivity contribution in [2.75, 3.05) is 18.1 Å². The number of hydrogen-bond acceptors (Lipinski definition) is 5. The molecule has 1 aliphatic heterocycles. The summed E-state index contributed by atoms with van der Waals surface area (Å²) >= 11 is 0. The first-order chi connectivity index (χ1) is 15.6. The fourth-order valence-corrected chi connectivity index (χ4v) is 6.37. The zero-order valence-electron chi connectivity index (χ0n) is 19.7. The highest BCUT2D eigenvalue weighted by atomic mass is 32.2. The SMILES string of the molecule is CC(C)(CS(=O)(=O)CCCCCCC1CCC(=O)NC1=O)c1ccc(F)c(OCC2CC2)c1. The molecule has 1 N–H and O–H groups in total. The van der Waals surface area contributed by atoms with Crippen LogP contribution < -0.4 is 10.1 Å². The summed E-state index contributed by atoms with van der Waals surface area (Å²) < 4.78 is 45.2. The smallest absolute Gasteiger partial charge is 0.229 e. The number of carbonyl (C=O) groups excluding carboxylic acids is 2. The number of halogens is 1. The van der Waals surface area contributed by atoms with Crippen molar-refractivity contribution in [2.24, 2.45) is 11.8 Å². The van der Waals surface area contributed by atoms with Crippen LogP contribution in [0.25, 0.3) is 0 Å². The zero-order valence-corrected chi connectivity index (χ0v) is 20.5. The molecule has 2 amide bonds. The van der Waals surface area contributed by atoms with Gasteiger partial charge in [0.05, 0.1) is 18.1 Å². The van der Waals surface area contributed by atoms with Crippen LogP contribution in [0.5, 0.6) is 5.75 Å². The lowest BCUT2D eigenvalue weighted by molar-refractivity contribution is -0.136. The van der Waals surface area contributed by atoms with Crippen molar-refractivity contribution in [2.45, 2.75) is 77.0 Å². The summed E-state index contributed by atoms with van der Waals surface area (Å²) in [5, 5.41) is 2.37. The van der Waals surface area contributed by atoms with E-state index in [-0.39, 0.29) is 35.0 Å². The van der Waals surface area contributed by atoms with Crippen molar-refractivity contribution in [1.29, 1.82) is 0 Å². The maximum Gasteiger partial charge on any atom is 0.229 e. The first-order valence-corrected chi connectivity index (χ1v) is 13.8. The minimum Gasteiger partial charge on any atom is -0.490 e. The van der Waals surface area contributed by atoms with Crippen LogP contribution in [0.3, 0.4) is 0 Å². The number of ether oxygens (including phenoxy) is 1.